The molecule has 1 aromatic rings. The summed E-state index contributed by atoms with van der Waals surface area (Å²) in [5.41, 5.74) is 8.57. The molecule has 0 saturated heterocycles. The zero-order valence-electron chi connectivity index (χ0n) is 10.2. The molecule has 0 fully saturated rings. The first kappa shape index (κ1) is 13.3. The molecule has 2 rings (SSSR count). The number of aryl methyl sites for hydroxylation is 1. The first-order valence-electron chi connectivity index (χ1n) is 6.46. The molecule has 0 aliphatic heterocycles. The molecule has 0 aromatic heterocycles. The number of hydrogen-bond donors (Lipinski definition) is 1. The summed E-state index contributed by atoms with van der Waals surface area (Å²) in [6, 6.07) is 4.28. The van der Waals surface area contributed by atoms with E-state index >= 15 is 0 Å². The molecule has 1 aliphatic carbocycles. The summed E-state index contributed by atoms with van der Waals surface area (Å²) >= 11 is 8.22. The van der Waals surface area contributed by atoms with Crippen LogP contribution >= 0.6 is 23.4 Å². The first-order chi connectivity index (χ1) is 8.33. The number of fused-ring (bicyclic) bond motifs is 1. The van der Waals surface area contributed by atoms with Crippen LogP contribution in [-0.4, -0.2) is 12.3 Å². The maximum absolute atomic E-state index is 6.34. The highest BCUT2D eigenvalue weighted by Crippen LogP contribution is 2.36. The standard InChI is InChI=1S/C14H20ClNS/c15-13-8-7-11-5-2-1-3-6-12(11)14(13)17-10-4-9-16/h7-8H,1-6,9-10,16H2. The van der Waals surface area contributed by atoms with Crippen LogP contribution in [0.5, 0.6) is 0 Å². The highest BCUT2D eigenvalue weighted by molar-refractivity contribution is 7.99. The van der Waals surface area contributed by atoms with E-state index in [9.17, 15) is 0 Å². The number of benzene rings is 1. The minimum absolute atomic E-state index is 0.764. The van der Waals surface area contributed by atoms with Gasteiger partial charge in [-0.1, -0.05) is 24.1 Å². The van der Waals surface area contributed by atoms with E-state index in [2.05, 4.69) is 12.1 Å². The predicted molar refractivity (Wildman–Crippen MR) is 77.1 cm³/mol. The molecular weight excluding hydrogens is 250 g/mol. The predicted octanol–water partition coefficient (Wildman–Crippen LogP) is 4.05. The summed E-state index contributed by atoms with van der Waals surface area (Å²) in [6.45, 7) is 0.764. The third kappa shape index (κ3) is 3.40. The van der Waals surface area contributed by atoms with Crippen molar-refractivity contribution in [1.82, 2.24) is 0 Å². The van der Waals surface area contributed by atoms with Crippen LogP contribution in [0, 0.1) is 0 Å². The van der Waals surface area contributed by atoms with Crippen LogP contribution in [0.15, 0.2) is 17.0 Å². The number of nitrogens with two attached hydrogens (primary N) is 1. The van der Waals surface area contributed by atoms with Gasteiger partial charge in [-0.25, -0.2) is 0 Å². The number of hydrogen-bond acceptors (Lipinski definition) is 2. The Balaban J connectivity index is 2.22. The van der Waals surface area contributed by atoms with E-state index in [0.717, 1.165) is 23.7 Å². The molecule has 0 bridgehead atoms. The SMILES string of the molecule is NCCCSc1c(Cl)ccc2c1CCCCC2. The Hall–Kier alpha value is -0.180. The quantitative estimate of drug-likeness (QED) is 0.507. The van der Waals surface area contributed by atoms with Crippen molar-refractivity contribution in [2.75, 3.05) is 12.3 Å². The van der Waals surface area contributed by atoms with Crippen molar-refractivity contribution < 1.29 is 0 Å². The maximum Gasteiger partial charge on any atom is 0.0544 e. The normalized spacial score (nSPS) is 15.4. The van der Waals surface area contributed by atoms with Gasteiger partial charge < -0.3 is 5.73 Å². The topological polar surface area (TPSA) is 26.0 Å². The summed E-state index contributed by atoms with van der Waals surface area (Å²) in [4.78, 5) is 1.32. The van der Waals surface area contributed by atoms with Crippen LogP contribution in [0.3, 0.4) is 0 Å². The molecule has 0 spiro atoms. The minimum Gasteiger partial charge on any atom is -0.330 e. The molecule has 0 amide bonds. The number of thioether (sulfide) groups is 1. The van der Waals surface area contributed by atoms with Crippen LogP contribution in [-0.2, 0) is 12.8 Å². The fraction of sp³-hybridized carbons (Fsp3) is 0.571. The fourth-order valence-corrected chi connectivity index (χ4v) is 3.83. The van der Waals surface area contributed by atoms with Gasteiger partial charge in [-0.05, 0) is 61.6 Å². The Morgan fingerprint density at radius 2 is 2.00 bits per heavy atom. The lowest BCUT2D eigenvalue weighted by atomic mass is 10.0. The summed E-state index contributed by atoms with van der Waals surface area (Å²) in [5.74, 6) is 1.08. The van der Waals surface area contributed by atoms with Gasteiger partial charge in [-0.3, -0.25) is 0 Å². The van der Waals surface area contributed by atoms with Crippen molar-refractivity contribution in [3.63, 3.8) is 0 Å². The van der Waals surface area contributed by atoms with Gasteiger partial charge in [0.15, 0.2) is 0 Å². The summed E-state index contributed by atoms with van der Waals surface area (Å²) < 4.78 is 0. The lowest BCUT2D eigenvalue weighted by molar-refractivity contribution is 0.710. The van der Waals surface area contributed by atoms with Gasteiger partial charge in [0.05, 0.1) is 5.02 Å². The van der Waals surface area contributed by atoms with Crippen molar-refractivity contribution in [1.29, 1.82) is 0 Å². The zero-order valence-corrected chi connectivity index (χ0v) is 11.7. The Morgan fingerprint density at radius 3 is 2.82 bits per heavy atom. The lowest BCUT2D eigenvalue weighted by Crippen LogP contribution is -2.00. The summed E-state index contributed by atoms with van der Waals surface area (Å²) in [5, 5.41) is 0.924. The van der Waals surface area contributed by atoms with Crippen molar-refractivity contribution in [3.05, 3.63) is 28.3 Å². The molecule has 1 aliphatic rings. The molecule has 1 nitrogen and oxygen atoms in total. The Bertz CT molecular complexity index is 379. The summed E-state index contributed by atoms with van der Waals surface area (Å²) in [7, 11) is 0. The van der Waals surface area contributed by atoms with Crippen molar-refractivity contribution >= 4 is 23.4 Å². The number of rotatable bonds is 4. The largest absolute Gasteiger partial charge is 0.330 e. The van der Waals surface area contributed by atoms with Gasteiger partial charge in [0, 0.05) is 4.90 Å². The van der Waals surface area contributed by atoms with E-state index in [1.165, 1.54) is 48.1 Å². The molecule has 0 radical (unpaired) electrons. The van der Waals surface area contributed by atoms with Crippen LogP contribution in [0.25, 0.3) is 0 Å². The van der Waals surface area contributed by atoms with Crippen molar-refractivity contribution in [2.24, 2.45) is 5.73 Å². The second-order valence-electron chi connectivity index (χ2n) is 4.57. The van der Waals surface area contributed by atoms with Crippen molar-refractivity contribution in [3.8, 4) is 0 Å². The second-order valence-corrected chi connectivity index (χ2v) is 6.08. The van der Waals surface area contributed by atoms with E-state index in [-0.39, 0.29) is 0 Å². The van der Waals surface area contributed by atoms with E-state index < -0.39 is 0 Å². The van der Waals surface area contributed by atoms with Gasteiger partial charge in [0.1, 0.15) is 0 Å². The van der Waals surface area contributed by atoms with Crippen LogP contribution in [0.1, 0.15) is 36.8 Å². The molecular formula is C14H20ClNS. The molecule has 94 valence electrons. The van der Waals surface area contributed by atoms with Gasteiger partial charge in [-0.15, -0.1) is 11.8 Å². The maximum atomic E-state index is 6.34. The van der Waals surface area contributed by atoms with Gasteiger partial charge >= 0.3 is 0 Å². The number of halogens is 1. The summed E-state index contributed by atoms with van der Waals surface area (Å²) in [6.07, 6.45) is 7.45. The monoisotopic (exact) mass is 269 g/mol. The van der Waals surface area contributed by atoms with Crippen LogP contribution in [0.2, 0.25) is 5.02 Å². The third-order valence-corrected chi connectivity index (χ3v) is 4.95. The molecule has 0 atom stereocenters. The Kier molecular flexibility index (Phi) is 5.20. The third-order valence-electron chi connectivity index (χ3n) is 3.28. The van der Waals surface area contributed by atoms with E-state index in [0.29, 0.717) is 0 Å². The van der Waals surface area contributed by atoms with Crippen LogP contribution in [0.4, 0.5) is 0 Å². The molecule has 0 saturated carbocycles. The van der Waals surface area contributed by atoms with Gasteiger partial charge in [0.25, 0.3) is 0 Å². The average Bonchev–Trinajstić information content (AvgIpc) is 2.57. The zero-order chi connectivity index (χ0) is 12.1. The molecule has 0 unspecified atom stereocenters. The fourth-order valence-electron chi connectivity index (χ4n) is 2.36. The highest BCUT2D eigenvalue weighted by atomic mass is 35.5. The first-order valence-corrected chi connectivity index (χ1v) is 7.82. The minimum atomic E-state index is 0.764. The molecule has 17 heavy (non-hydrogen) atoms. The highest BCUT2D eigenvalue weighted by Gasteiger charge is 2.14. The van der Waals surface area contributed by atoms with E-state index in [4.69, 9.17) is 17.3 Å². The van der Waals surface area contributed by atoms with Gasteiger partial charge in [-0.2, -0.15) is 0 Å². The molecule has 3 heteroatoms. The van der Waals surface area contributed by atoms with E-state index in [1.54, 1.807) is 0 Å². The molecule has 0 heterocycles. The Morgan fingerprint density at radius 1 is 1.18 bits per heavy atom. The van der Waals surface area contributed by atoms with E-state index in [1.807, 2.05) is 11.8 Å². The van der Waals surface area contributed by atoms with Crippen molar-refractivity contribution in [2.45, 2.75) is 43.4 Å². The smallest absolute Gasteiger partial charge is 0.0544 e. The average molecular weight is 270 g/mol. The Labute approximate surface area is 113 Å². The molecule has 1 aromatic carbocycles. The van der Waals surface area contributed by atoms with Gasteiger partial charge in [0.2, 0.25) is 0 Å². The second kappa shape index (κ2) is 6.67. The molecule has 2 N–H and O–H groups in total. The lowest BCUT2D eigenvalue weighted by Gasteiger charge is -2.13. The van der Waals surface area contributed by atoms with Crippen LogP contribution < -0.4 is 5.73 Å².